The van der Waals surface area contributed by atoms with Gasteiger partial charge in [0.05, 0.1) is 5.69 Å². The second-order valence-corrected chi connectivity index (χ2v) is 4.30. The Morgan fingerprint density at radius 2 is 1.53 bits per heavy atom. The largest absolute Gasteiger partial charge is 0.244 e. The van der Waals surface area contributed by atoms with E-state index in [1.165, 1.54) is 0 Å². The van der Waals surface area contributed by atoms with E-state index in [1.807, 2.05) is 61.5 Å². The van der Waals surface area contributed by atoms with Gasteiger partial charge in [0, 0.05) is 17.5 Å². The van der Waals surface area contributed by atoms with Crippen LogP contribution in [-0.4, -0.2) is 15.0 Å². The quantitative estimate of drug-likeness (QED) is 0.695. The van der Waals surface area contributed by atoms with Crippen LogP contribution >= 0.6 is 0 Å². The van der Waals surface area contributed by atoms with Crippen molar-refractivity contribution in [2.75, 3.05) is 0 Å². The van der Waals surface area contributed by atoms with Crippen molar-refractivity contribution in [2.45, 2.75) is 6.92 Å². The highest BCUT2D eigenvalue weighted by Crippen LogP contribution is 2.20. The number of pyridine rings is 1. The molecule has 1 aromatic carbocycles. The number of benzene rings is 1. The van der Waals surface area contributed by atoms with Crippen LogP contribution in [0.15, 0.2) is 60.8 Å². The van der Waals surface area contributed by atoms with Gasteiger partial charge >= 0.3 is 0 Å². The smallest absolute Gasteiger partial charge is 0.178 e. The molecule has 0 saturated carbocycles. The average molecular weight is 247 g/mol. The van der Waals surface area contributed by atoms with Crippen molar-refractivity contribution >= 4 is 0 Å². The fourth-order valence-corrected chi connectivity index (χ4v) is 1.90. The third kappa shape index (κ3) is 2.50. The number of aromatic nitrogens is 3. The molecule has 3 nitrogen and oxygen atoms in total. The highest BCUT2D eigenvalue weighted by molar-refractivity contribution is 5.62. The van der Waals surface area contributed by atoms with Crippen molar-refractivity contribution in [2.24, 2.45) is 0 Å². The van der Waals surface area contributed by atoms with Gasteiger partial charge in [0.25, 0.3) is 0 Å². The zero-order valence-electron chi connectivity index (χ0n) is 10.6. The Morgan fingerprint density at radius 3 is 2.32 bits per heavy atom. The molecule has 3 aromatic rings. The Kier molecular flexibility index (Phi) is 3.02. The maximum Gasteiger partial charge on any atom is 0.178 e. The third-order valence-electron chi connectivity index (χ3n) is 2.84. The van der Waals surface area contributed by atoms with Crippen LogP contribution in [0.5, 0.6) is 0 Å². The maximum absolute atomic E-state index is 4.63. The van der Waals surface area contributed by atoms with Gasteiger partial charge in [0.2, 0.25) is 0 Å². The molecule has 0 atom stereocenters. The molecule has 2 heterocycles. The van der Waals surface area contributed by atoms with E-state index < -0.39 is 0 Å². The lowest BCUT2D eigenvalue weighted by molar-refractivity contribution is 1.09. The first-order chi connectivity index (χ1) is 9.33. The van der Waals surface area contributed by atoms with Crippen molar-refractivity contribution in [3.05, 3.63) is 66.5 Å². The van der Waals surface area contributed by atoms with E-state index in [1.54, 1.807) is 6.20 Å². The fraction of sp³-hybridized carbons (Fsp3) is 0.0625. The molecular formula is C16H13N3. The molecule has 0 radical (unpaired) electrons. The molecule has 0 amide bonds. The Bertz CT molecular complexity index is 693. The Labute approximate surface area is 112 Å². The molecule has 19 heavy (non-hydrogen) atoms. The summed E-state index contributed by atoms with van der Waals surface area (Å²) in [6.07, 6.45) is 1.76. The zero-order chi connectivity index (χ0) is 13.1. The summed E-state index contributed by atoms with van der Waals surface area (Å²) in [5.41, 5.74) is 3.77. The average Bonchev–Trinajstić information content (AvgIpc) is 2.48. The lowest BCUT2D eigenvalue weighted by Crippen LogP contribution is -1.94. The predicted octanol–water partition coefficient (Wildman–Crippen LogP) is 3.51. The Morgan fingerprint density at radius 1 is 0.737 bits per heavy atom. The number of aryl methyl sites for hydroxylation is 1. The number of hydrogen-bond acceptors (Lipinski definition) is 3. The van der Waals surface area contributed by atoms with E-state index in [0.29, 0.717) is 5.82 Å². The van der Waals surface area contributed by atoms with E-state index in [9.17, 15) is 0 Å². The fourth-order valence-electron chi connectivity index (χ4n) is 1.90. The van der Waals surface area contributed by atoms with E-state index >= 15 is 0 Å². The van der Waals surface area contributed by atoms with Crippen molar-refractivity contribution in [1.82, 2.24) is 15.0 Å². The number of nitrogens with zero attached hydrogens (tertiary/aromatic N) is 3. The van der Waals surface area contributed by atoms with Crippen LogP contribution in [0.1, 0.15) is 5.69 Å². The van der Waals surface area contributed by atoms with Gasteiger partial charge in [-0.3, -0.25) is 0 Å². The van der Waals surface area contributed by atoms with Gasteiger partial charge in [-0.25, -0.2) is 15.0 Å². The molecule has 0 aliphatic carbocycles. The summed E-state index contributed by atoms with van der Waals surface area (Å²) in [4.78, 5) is 13.3. The molecule has 0 aliphatic rings. The van der Waals surface area contributed by atoms with E-state index in [2.05, 4.69) is 15.0 Å². The highest BCUT2D eigenvalue weighted by Gasteiger charge is 2.05. The first-order valence-corrected chi connectivity index (χ1v) is 6.15. The summed E-state index contributed by atoms with van der Waals surface area (Å²) in [5, 5.41) is 0. The van der Waals surface area contributed by atoms with Gasteiger partial charge in [0.15, 0.2) is 5.82 Å². The molecule has 0 fully saturated rings. The molecular weight excluding hydrogens is 234 g/mol. The minimum atomic E-state index is 0.665. The van der Waals surface area contributed by atoms with Crippen LogP contribution in [0.2, 0.25) is 0 Å². The molecule has 2 aromatic heterocycles. The lowest BCUT2D eigenvalue weighted by atomic mass is 10.1. The van der Waals surface area contributed by atoms with E-state index in [4.69, 9.17) is 0 Å². The monoisotopic (exact) mass is 247 g/mol. The SMILES string of the molecule is Cc1ccnc(-c2cccc(-c3ccccc3)n2)n1. The molecule has 0 bridgehead atoms. The van der Waals surface area contributed by atoms with E-state index in [0.717, 1.165) is 22.6 Å². The van der Waals surface area contributed by atoms with Crippen LogP contribution in [0.3, 0.4) is 0 Å². The van der Waals surface area contributed by atoms with Crippen LogP contribution in [0.25, 0.3) is 22.8 Å². The van der Waals surface area contributed by atoms with Gasteiger partial charge in [-0.2, -0.15) is 0 Å². The summed E-state index contributed by atoms with van der Waals surface area (Å²) in [7, 11) is 0. The van der Waals surface area contributed by atoms with Crippen LogP contribution in [0, 0.1) is 6.92 Å². The molecule has 92 valence electrons. The zero-order valence-corrected chi connectivity index (χ0v) is 10.6. The number of rotatable bonds is 2. The maximum atomic E-state index is 4.63. The molecule has 0 N–H and O–H groups in total. The molecule has 3 heteroatoms. The van der Waals surface area contributed by atoms with Gasteiger partial charge in [0.1, 0.15) is 5.69 Å². The van der Waals surface area contributed by atoms with Gasteiger partial charge in [-0.15, -0.1) is 0 Å². The van der Waals surface area contributed by atoms with E-state index in [-0.39, 0.29) is 0 Å². The third-order valence-corrected chi connectivity index (χ3v) is 2.84. The molecule has 0 spiro atoms. The second-order valence-electron chi connectivity index (χ2n) is 4.30. The van der Waals surface area contributed by atoms with Crippen LogP contribution in [-0.2, 0) is 0 Å². The van der Waals surface area contributed by atoms with Crippen molar-refractivity contribution in [3.63, 3.8) is 0 Å². The molecule has 3 rings (SSSR count). The van der Waals surface area contributed by atoms with Crippen molar-refractivity contribution in [3.8, 4) is 22.8 Å². The van der Waals surface area contributed by atoms with Crippen molar-refractivity contribution in [1.29, 1.82) is 0 Å². The molecule has 0 unspecified atom stereocenters. The normalized spacial score (nSPS) is 10.4. The summed E-state index contributed by atoms with van der Waals surface area (Å²) in [6, 6.07) is 17.9. The Balaban J connectivity index is 2.06. The minimum Gasteiger partial charge on any atom is -0.244 e. The second kappa shape index (κ2) is 4.98. The summed E-state index contributed by atoms with van der Waals surface area (Å²) < 4.78 is 0. The van der Waals surface area contributed by atoms with Gasteiger partial charge < -0.3 is 0 Å². The standard InChI is InChI=1S/C16H13N3/c1-12-10-11-17-16(18-12)15-9-5-8-14(19-15)13-6-3-2-4-7-13/h2-11H,1H3. The minimum absolute atomic E-state index is 0.665. The van der Waals surface area contributed by atoms with Gasteiger partial charge in [-0.05, 0) is 25.1 Å². The Hall–Kier alpha value is -2.55. The lowest BCUT2D eigenvalue weighted by Gasteiger charge is -2.04. The molecule has 0 aliphatic heterocycles. The molecule has 0 saturated heterocycles. The topological polar surface area (TPSA) is 38.7 Å². The highest BCUT2D eigenvalue weighted by atomic mass is 14.9. The predicted molar refractivity (Wildman–Crippen MR) is 75.4 cm³/mol. The first kappa shape index (κ1) is 11.5. The van der Waals surface area contributed by atoms with Crippen LogP contribution < -0.4 is 0 Å². The summed E-state index contributed by atoms with van der Waals surface area (Å²) in [6.45, 7) is 1.95. The summed E-state index contributed by atoms with van der Waals surface area (Å²) >= 11 is 0. The van der Waals surface area contributed by atoms with Gasteiger partial charge in [-0.1, -0.05) is 36.4 Å². The first-order valence-electron chi connectivity index (χ1n) is 6.15. The van der Waals surface area contributed by atoms with Crippen molar-refractivity contribution < 1.29 is 0 Å². The number of hydrogen-bond donors (Lipinski definition) is 0. The summed E-state index contributed by atoms with van der Waals surface area (Å²) in [5.74, 6) is 0.665. The van der Waals surface area contributed by atoms with Crippen LogP contribution in [0.4, 0.5) is 0 Å².